The average molecular weight is 342 g/mol. The highest BCUT2D eigenvalue weighted by molar-refractivity contribution is 6.04. The van der Waals surface area contributed by atoms with Crippen LogP contribution in [0.25, 0.3) is 10.8 Å². The fourth-order valence-electron chi connectivity index (χ4n) is 2.35. The molecular formula is C17H11FN2O5. The van der Waals surface area contributed by atoms with Gasteiger partial charge in [0.05, 0.1) is 10.3 Å². The molecule has 7 nitrogen and oxygen atoms in total. The highest BCUT2D eigenvalue weighted by atomic mass is 19.1. The van der Waals surface area contributed by atoms with Crippen LogP contribution in [0.2, 0.25) is 0 Å². The van der Waals surface area contributed by atoms with E-state index in [1.165, 1.54) is 36.4 Å². The number of aryl methyl sites for hydroxylation is 1. The molecule has 0 saturated carbocycles. The molecule has 1 aromatic heterocycles. The van der Waals surface area contributed by atoms with E-state index in [1.807, 2.05) is 0 Å². The van der Waals surface area contributed by atoms with Crippen molar-refractivity contribution in [1.82, 2.24) is 0 Å². The number of non-ortho nitro benzene ring substituents is 1. The third-order valence-electron chi connectivity index (χ3n) is 3.62. The minimum atomic E-state index is -0.831. The largest absolute Gasteiger partial charge is 0.417 e. The van der Waals surface area contributed by atoms with Crippen LogP contribution in [-0.2, 0) is 0 Å². The predicted molar refractivity (Wildman–Crippen MR) is 88.2 cm³/mol. The molecule has 0 saturated heterocycles. The standard InChI is InChI=1S/C17H11FN2O5/c1-9-6-12(20(23)24)4-5-14(9)19-16(21)15-7-10-2-3-11(18)8-13(10)17(22)25-15/h2-8H,1H3,(H,19,21). The molecule has 3 rings (SSSR count). The van der Waals surface area contributed by atoms with Crippen molar-refractivity contribution in [3.8, 4) is 0 Å². The number of hydrogen-bond acceptors (Lipinski definition) is 5. The zero-order valence-electron chi connectivity index (χ0n) is 12.9. The van der Waals surface area contributed by atoms with Crippen LogP contribution < -0.4 is 10.9 Å². The van der Waals surface area contributed by atoms with Gasteiger partial charge in [-0.15, -0.1) is 0 Å². The first-order valence-electron chi connectivity index (χ1n) is 7.15. The zero-order valence-corrected chi connectivity index (χ0v) is 12.9. The van der Waals surface area contributed by atoms with Crippen LogP contribution in [0.4, 0.5) is 15.8 Å². The molecular weight excluding hydrogens is 331 g/mol. The summed E-state index contributed by atoms with van der Waals surface area (Å²) in [7, 11) is 0. The topological polar surface area (TPSA) is 102 Å². The lowest BCUT2D eigenvalue weighted by atomic mass is 10.1. The summed E-state index contributed by atoms with van der Waals surface area (Å²) in [6, 6.07) is 8.85. The second-order valence-corrected chi connectivity index (χ2v) is 5.34. The lowest BCUT2D eigenvalue weighted by Gasteiger charge is -2.08. The van der Waals surface area contributed by atoms with Crippen LogP contribution in [0.5, 0.6) is 0 Å². The Morgan fingerprint density at radius 1 is 1.20 bits per heavy atom. The van der Waals surface area contributed by atoms with E-state index in [0.717, 1.165) is 6.07 Å². The summed E-state index contributed by atoms with van der Waals surface area (Å²) in [6.07, 6.45) is 0. The molecule has 8 heteroatoms. The van der Waals surface area contributed by atoms with Gasteiger partial charge in [-0.3, -0.25) is 14.9 Å². The fraction of sp³-hybridized carbons (Fsp3) is 0.0588. The number of rotatable bonds is 3. The van der Waals surface area contributed by atoms with Crippen molar-refractivity contribution in [3.05, 3.63) is 80.1 Å². The van der Waals surface area contributed by atoms with Crippen LogP contribution in [0.15, 0.2) is 51.7 Å². The molecule has 1 amide bonds. The van der Waals surface area contributed by atoms with Gasteiger partial charge < -0.3 is 9.73 Å². The van der Waals surface area contributed by atoms with Gasteiger partial charge in [-0.1, -0.05) is 6.07 Å². The Morgan fingerprint density at radius 2 is 1.96 bits per heavy atom. The van der Waals surface area contributed by atoms with Gasteiger partial charge in [-0.05, 0) is 42.1 Å². The Balaban J connectivity index is 1.94. The molecule has 0 unspecified atom stereocenters. The summed E-state index contributed by atoms with van der Waals surface area (Å²) in [5, 5.41) is 13.7. The van der Waals surface area contributed by atoms with Gasteiger partial charge in [0, 0.05) is 17.8 Å². The van der Waals surface area contributed by atoms with Crippen molar-refractivity contribution in [2.45, 2.75) is 6.92 Å². The van der Waals surface area contributed by atoms with E-state index in [-0.39, 0.29) is 16.8 Å². The Morgan fingerprint density at radius 3 is 2.64 bits per heavy atom. The van der Waals surface area contributed by atoms with Crippen molar-refractivity contribution in [2.75, 3.05) is 5.32 Å². The molecule has 0 radical (unpaired) electrons. The van der Waals surface area contributed by atoms with Crippen LogP contribution in [0.3, 0.4) is 0 Å². The van der Waals surface area contributed by atoms with Crippen LogP contribution in [0, 0.1) is 22.9 Å². The quantitative estimate of drug-likeness (QED) is 0.580. The molecule has 1 heterocycles. The summed E-state index contributed by atoms with van der Waals surface area (Å²) in [6.45, 7) is 1.60. The third kappa shape index (κ3) is 3.23. The number of fused-ring (bicyclic) bond motifs is 1. The number of halogens is 1. The normalized spacial score (nSPS) is 10.6. The zero-order chi connectivity index (χ0) is 18.1. The number of benzene rings is 2. The summed E-state index contributed by atoms with van der Waals surface area (Å²) in [5.74, 6) is -1.53. The molecule has 2 aromatic carbocycles. The first-order chi connectivity index (χ1) is 11.8. The van der Waals surface area contributed by atoms with Gasteiger partial charge in [0.15, 0.2) is 5.76 Å². The minimum absolute atomic E-state index is 0.0306. The molecule has 0 atom stereocenters. The van der Waals surface area contributed by atoms with Gasteiger partial charge in [0.25, 0.3) is 11.6 Å². The summed E-state index contributed by atoms with van der Waals surface area (Å²) < 4.78 is 18.1. The van der Waals surface area contributed by atoms with Crippen molar-refractivity contribution < 1.29 is 18.5 Å². The second-order valence-electron chi connectivity index (χ2n) is 5.34. The fourth-order valence-corrected chi connectivity index (χ4v) is 2.35. The molecule has 0 spiro atoms. The Kier molecular flexibility index (Phi) is 4.02. The average Bonchev–Trinajstić information content (AvgIpc) is 2.56. The molecule has 25 heavy (non-hydrogen) atoms. The van der Waals surface area contributed by atoms with E-state index in [0.29, 0.717) is 16.6 Å². The van der Waals surface area contributed by atoms with Gasteiger partial charge in [-0.25, -0.2) is 9.18 Å². The summed E-state index contributed by atoms with van der Waals surface area (Å²) >= 11 is 0. The second kappa shape index (κ2) is 6.16. The third-order valence-corrected chi connectivity index (χ3v) is 3.62. The highest BCUT2D eigenvalue weighted by Gasteiger charge is 2.15. The number of nitrogens with zero attached hydrogens (tertiary/aromatic N) is 1. The Hall–Kier alpha value is -3.55. The number of nitrogens with one attached hydrogen (secondary N) is 1. The minimum Gasteiger partial charge on any atom is -0.417 e. The first kappa shape index (κ1) is 16.3. The van der Waals surface area contributed by atoms with Gasteiger partial charge in [-0.2, -0.15) is 0 Å². The number of nitro benzene ring substituents is 1. The lowest BCUT2D eigenvalue weighted by molar-refractivity contribution is -0.384. The summed E-state index contributed by atoms with van der Waals surface area (Å²) in [5.41, 5.74) is -0.109. The maximum absolute atomic E-state index is 13.2. The maximum Gasteiger partial charge on any atom is 0.344 e. The van der Waals surface area contributed by atoms with E-state index in [2.05, 4.69) is 5.32 Å². The smallest absolute Gasteiger partial charge is 0.344 e. The molecule has 0 fully saturated rings. The van der Waals surface area contributed by atoms with E-state index in [9.17, 15) is 24.1 Å². The van der Waals surface area contributed by atoms with Crippen molar-refractivity contribution in [1.29, 1.82) is 0 Å². The number of carbonyl (C=O) groups is 1. The van der Waals surface area contributed by atoms with Gasteiger partial charge in [0.1, 0.15) is 5.82 Å². The van der Waals surface area contributed by atoms with Crippen LogP contribution in [-0.4, -0.2) is 10.8 Å². The lowest BCUT2D eigenvalue weighted by Crippen LogP contribution is -2.15. The molecule has 0 bridgehead atoms. The van der Waals surface area contributed by atoms with Crippen molar-refractivity contribution in [2.24, 2.45) is 0 Å². The van der Waals surface area contributed by atoms with E-state index in [1.54, 1.807) is 6.92 Å². The molecule has 0 aliphatic carbocycles. The highest BCUT2D eigenvalue weighted by Crippen LogP contribution is 2.22. The van der Waals surface area contributed by atoms with Crippen LogP contribution >= 0.6 is 0 Å². The molecule has 0 aliphatic heterocycles. The maximum atomic E-state index is 13.2. The Bertz CT molecular complexity index is 1070. The first-order valence-corrected chi connectivity index (χ1v) is 7.15. The van der Waals surface area contributed by atoms with Crippen LogP contribution in [0.1, 0.15) is 16.1 Å². The summed E-state index contributed by atoms with van der Waals surface area (Å²) in [4.78, 5) is 34.4. The SMILES string of the molecule is Cc1cc([N+](=O)[O-])ccc1NC(=O)c1cc2ccc(F)cc2c(=O)o1. The number of amides is 1. The van der Waals surface area contributed by atoms with Gasteiger partial charge >= 0.3 is 5.63 Å². The number of carbonyl (C=O) groups excluding carboxylic acids is 1. The van der Waals surface area contributed by atoms with Crippen molar-refractivity contribution >= 4 is 28.1 Å². The molecule has 126 valence electrons. The van der Waals surface area contributed by atoms with Gasteiger partial charge in [0.2, 0.25) is 0 Å². The molecule has 3 aromatic rings. The number of nitro groups is 1. The monoisotopic (exact) mass is 342 g/mol. The Labute approximate surface area is 139 Å². The van der Waals surface area contributed by atoms with Crippen molar-refractivity contribution in [3.63, 3.8) is 0 Å². The number of anilines is 1. The van der Waals surface area contributed by atoms with E-state index >= 15 is 0 Å². The van der Waals surface area contributed by atoms with E-state index < -0.39 is 22.3 Å². The van der Waals surface area contributed by atoms with E-state index in [4.69, 9.17) is 4.42 Å². The predicted octanol–water partition coefficient (Wildman–Crippen LogP) is 3.40. The molecule has 1 N–H and O–H groups in total. The molecule has 0 aliphatic rings. The number of hydrogen-bond donors (Lipinski definition) is 1.